The van der Waals surface area contributed by atoms with E-state index in [9.17, 15) is 19.2 Å². The molecule has 0 aliphatic rings. The van der Waals surface area contributed by atoms with Crippen LogP contribution in [0.5, 0.6) is 0 Å². The molecule has 0 saturated heterocycles. The third kappa shape index (κ3) is 7.59. The molecule has 0 radical (unpaired) electrons. The first-order chi connectivity index (χ1) is 9.27. The van der Waals surface area contributed by atoms with E-state index in [1.807, 2.05) is 0 Å². The van der Waals surface area contributed by atoms with Crippen LogP contribution in [0.1, 0.15) is 12.8 Å². The molecule has 0 heterocycles. The van der Waals surface area contributed by atoms with E-state index in [4.69, 9.17) is 15.9 Å². The lowest BCUT2D eigenvalue weighted by Gasteiger charge is -2.16. The fourth-order valence-corrected chi connectivity index (χ4v) is 1.41. The lowest BCUT2D eigenvalue weighted by atomic mass is 10.1. The van der Waals surface area contributed by atoms with Crippen molar-refractivity contribution in [3.63, 3.8) is 0 Å². The maximum absolute atomic E-state index is 11.5. The molecule has 0 spiro atoms. The van der Waals surface area contributed by atoms with Crippen molar-refractivity contribution in [3.05, 3.63) is 0 Å². The Balaban J connectivity index is 4.21. The van der Waals surface area contributed by atoms with E-state index in [-0.39, 0.29) is 18.6 Å². The van der Waals surface area contributed by atoms with Crippen LogP contribution in [0.15, 0.2) is 0 Å². The first-order valence-electron chi connectivity index (χ1n) is 5.66. The van der Waals surface area contributed by atoms with Crippen LogP contribution in [0.4, 0.5) is 0 Å². The van der Waals surface area contributed by atoms with Crippen LogP contribution in [0.3, 0.4) is 0 Å². The molecule has 0 aromatic rings. The Morgan fingerprint density at radius 2 is 1.80 bits per heavy atom. The van der Waals surface area contributed by atoms with Gasteiger partial charge in [0, 0.05) is 12.2 Å². The highest BCUT2D eigenvalue weighted by atomic mass is 32.1. The van der Waals surface area contributed by atoms with Gasteiger partial charge in [-0.3, -0.25) is 19.2 Å². The van der Waals surface area contributed by atoms with Gasteiger partial charge in [0.2, 0.25) is 11.8 Å². The molecule has 0 rings (SSSR count). The van der Waals surface area contributed by atoms with Gasteiger partial charge in [-0.25, -0.2) is 0 Å². The van der Waals surface area contributed by atoms with Gasteiger partial charge in [0.25, 0.3) is 0 Å². The average Bonchev–Trinajstić information content (AvgIpc) is 2.38. The topological polar surface area (TPSA) is 159 Å². The minimum Gasteiger partial charge on any atom is -0.480 e. The molecule has 0 aromatic carbocycles. The maximum Gasteiger partial charge on any atom is 0.322 e. The van der Waals surface area contributed by atoms with Crippen LogP contribution >= 0.6 is 12.6 Å². The molecular formula is C10H17N3O6S. The van der Waals surface area contributed by atoms with Gasteiger partial charge in [-0.05, 0) is 6.42 Å². The lowest BCUT2D eigenvalue weighted by molar-refractivity contribution is -0.139. The summed E-state index contributed by atoms with van der Waals surface area (Å²) in [5.74, 6) is -3.70. The number of amides is 2. The number of hydrogen-bond acceptors (Lipinski definition) is 6. The zero-order valence-corrected chi connectivity index (χ0v) is 11.4. The number of hydrogen-bond donors (Lipinski definition) is 6. The van der Waals surface area contributed by atoms with Gasteiger partial charge < -0.3 is 26.6 Å². The molecular weight excluding hydrogens is 290 g/mol. The zero-order valence-electron chi connectivity index (χ0n) is 10.5. The molecule has 0 saturated carbocycles. The molecule has 0 aromatic heterocycles. The normalized spacial score (nSPS) is 13.1. The minimum atomic E-state index is -1.22. The van der Waals surface area contributed by atoms with Crippen molar-refractivity contribution in [1.29, 1.82) is 0 Å². The molecule has 6 N–H and O–H groups in total. The summed E-state index contributed by atoms with van der Waals surface area (Å²) in [6.07, 6.45) is -0.235. The number of carbonyl (C=O) groups is 4. The van der Waals surface area contributed by atoms with E-state index in [0.29, 0.717) is 0 Å². The van der Waals surface area contributed by atoms with Crippen molar-refractivity contribution in [2.75, 3.05) is 12.3 Å². The SMILES string of the molecule is N[C@H](CCC(=O)N[C@@H](CS)C(=O)NCC(=O)O)C(=O)O. The van der Waals surface area contributed by atoms with E-state index in [2.05, 4.69) is 23.3 Å². The van der Waals surface area contributed by atoms with Crippen LogP contribution in [-0.2, 0) is 19.2 Å². The molecule has 10 heteroatoms. The Hall–Kier alpha value is -1.81. The Bertz CT molecular complexity index is 389. The third-order valence-corrected chi connectivity index (χ3v) is 2.61. The lowest BCUT2D eigenvalue weighted by Crippen LogP contribution is -2.49. The number of carboxylic acid groups (broad SMARTS) is 2. The highest BCUT2D eigenvalue weighted by Gasteiger charge is 2.20. The first kappa shape index (κ1) is 18.2. The fourth-order valence-electron chi connectivity index (χ4n) is 1.16. The second kappa shape index (κ2) is 9.15. The van der Waals surface area contributed by atoms with E-state index in [1.54, 1.807) is 0 Å². The van der Waals surface area contributed by atoms with Crippen molar-refractivity contribution in [3.8, 4) is 0 Å². The maximum atomic E-state index is 11.5. The summed E-state index contributed by atoms with van der Waals surface area (Å²) in [5, 5.41) is 21.4. The van der Waals surface area contributed by atoms with Crippen LogP contribution in [0, 0.1) is 0 Å². The highest BCUT2D eigenvalue weighted by Crippen LogP contribution is 1.97. The Kier molecular flexibility index (Phi) is 8.32. The van der Waals surface area contributed by atoms with Gasteiger partial charge in [0.15, 0.2) is 0 Å². The van der Waals surface area contributed by atoms with Crippen LogP contribution in [-0.4, -0.2) is 58.3 Å². The van der Waals surface area contributed by atoms with Crippen molar-refractivity contribution >= 4 is 36.4 Å². The Morgan fingerprint density at radius 3 is 2.25 bits per heavy atom. The molecule has 0 aliphatic carbocycles. The summed E-state index contributed by atoms with van der Waals surface area (Å²) in [5.41, 5.74) is 5.23. The number of rotatable bonds is 9. The highest BCUT2D eigenvalue weighted by molar-refractivity contribution is 7.80. The van der Waals surface area contributed by atoms with Crippen molar-refractivity contribution in [2.24, 2.45) is 5.73 Å². The summed E-state index contributed by atoms with van der Waals surface area (Å²) in [4.78, 5) is 43.7. The molecule has 2 atom stereocenters. The van der Waals surface area contributed by atoms with Crippen LogP contribution in [0.25, 0.3) is 0 Å². The molecule has 0 fully saturated rings. The predicted octanol–water partition coefficient (Wildman–Crippen LogP) is -2.21. The molecule has 9 nitrogen and oxygen atoms in total. The number of thiol groups is 1. The van der Waals surface area contributed by atoms with Crippen molar-refractivity contribution in [1.82, 2.24) is 10.6 Å². The zero-order chi connectivity index (χ0) is 15.7. The van der Waals surface area contributed by atoms with E-state index in [1.165, 1.54) is 0 Å². The molecule has 2 amide bonds. The molecule has 0 unspecified atom stereocenters. The standard InChI is InChI=1S/C10H17N3O6S/c11-5(10(18)19)1-2-7(14)13-6(4-20)9(17)12-3-8(15)16/h5-6,20H,1-4,11H2,(H,12,17)(H,13,14)(H,15,16)(H,18,19)/t5-,6+/m1/s1. The average molecular weight is 307 g/mol. The predicted molar refractivity (Wildman–Crippen MR) is 71.3 cm³/mol. The van der Waals surface area contributed by atoms with Crippen LogP contribution < -0.4 is 16.4 Å². The smallest absolute Gasteiger partial charge is 0.322 e. The van der Waals surface area contributed by atoms with Gasteiger partial charge in [0.1, 0.15) is 18.6 Å². The van der Waals surface area contributed by atoms with Gasteiger partial charge in [-0.1, -0.05) is 0 Å². The summed E-state index contributed by atoms with van der Waals surface area (Å²) < 4.78 is 0. The van der Waals surface area contributed by atoms with Gasteiger partial charge in [-0.2, -0.15) is 12.6 Å². The number of nitrogens with one attached hydrogen (secondary N) is 2. The second-order valence-corrected chi connectivity index (χ2v) is 4.26. The molecule has 114 valence electrons. The summed E-state index contributed by atoms with van der Waals surface area (Å²) >= 11 is 3.87. The fraction of sp³-hybridized carbons (Fsp3) is 0.600. The Morgan fingerprint density at radius 1 is 1.20 bits per heavy atom. The van der Waals surface area contributed by atoms with Gasteiger partial charge in [-0.15, -0.1) is 0 Å². The van der Waals surface area contributed by atoms with Gasteiger partial charge >= 0.3 is 11.9 Å². The van der Waals surface area contributed by atoms with Crippen LogP contribution in [0.2, 0.25) is 0 Å². The third-order valence-electron chi connectivity index (χ3n) is 2.25. The van der Waals surface area contributed by atoms with Crippen molar-refractivity contribution in [2.45, 2.75) is 24.9 Å². The monoisotopic (exact) mass is 307 g/mol. The minimum absolute atomic E-state index is 0.0256. The van der Waals surface area contributed by atoms with Crippen molar-refractivity contribution < 1.29 is 29.4 Å². The second-order valence-electron chi connectivity index (χ2n) is 3.90. The number of nitrogens with two attached hydrogens (primary N) is 1. The Labute approximate surface area is 120 Å². The summed E-state index contributed by atoms with van der Waals surface area (Å²) in [6.45, 7) is -0.567. The van der Waals surface area contributed by atoms with E-state index in [0.717, 1.165) is 0 Å². The number of carbonyl (C=O) groups excluding carboxylic acids is 2. The quantitative estimate of drug-likeness (QED) is 0.263. The largest absolute Gasteiger partial charge is 0.480 e. The van der Waals surface area contributed by atoms with Gasteiger partial charge in [0.05, 0.1) is 0 Å². The summed E-state index contributed by atoms with van der Waals surface area (Å²) in [6, 6.07) is -2.15. The molecule has 0 bridgehead atoms. The number of aliphatic carboxylic acids is 2. The molecule has 20 heavy (non-hydrogen) atoms. The first-order valence-corrected chi connectivity index (χ1v) is 6.29. The number of carboxylic acids is 2. The van der Waals surface area contributed by atoms with E-state index < -0.39 is 42.4 Å². The van der Waals surface area contributed by atoms with E-state index >= 15 is 0 Å². The molecule has 0 aliphatic heterocycles. The summed E-state index contributed by atoms with van der Waals surface area (Å²) in [7, 11) is 0.